The predicted molar refractivity (Wildman–Crippen MR) is 78.0 cm³/mol. The molecule has 110 valence electrons. The monoisotopic (exact) mass is 295 g/mol. The molecule has 0 aliphatic heterocycles. The van der Waals surface area contributed by atoms with Gasteiger partial charge in [0.2, 0.25) is 5.82 Å². The van der Waals surface area contributed by atoms with Crippen LogP contribution in [0.1, 0.15) is 18.9 Å². The van der Waals surface area contributed by atoms with Crippen LogP contribution in [0.25, 0.3) is 22.3 Å². The van der Waals surface area contributed by atoms with E-state index in [9.17, 15) is 9.90 Å². The minimum Gasteiger partial charge on any atom is -0.480 e. The molecule has 22 heavy (non-hydrogen) atoms. The van der Waals surface area contributed by atoms with E-state index >= 15 is 0 Å². The molecule has 7 nitrogen and oxygen atoms in total. The van der Waals surface area contributed by atoms with Gasteiger partial charge in [0.25, 0.3) is 0 Å². The highest BCUT2D eigenvalue weighted by Crippen LogP contribution is 2.39. The summed E-state index contributed by atoms with van der Waals surface area (Å²) in [5, 5.41) is 22.5. The van der Waals surface area contributed by atoms with Gasteiger partial charge in [-0.15, -0.1) is 15.0 Å². The van der Waals surface area contributed by atoms with Gasteiger partial charge in [0.15, 0.2) is 6.04 Å². The Labute approximate surface area is 125 Å². The molecule has 1 N–H and O–H groups in total. The lowest BCUT2D eigenvalue weighted by atomic mass is 10.1. The average molecular weight is 295 g/mol. The van der Waals surface area contributed by atoms with Gasteiger partial charge in [-0.25, -0.2) is 4.79 Å². The molecule has 4 rings (SSSR count). The predicted octanol–water partition coefficient (Wildman–Crippen LogP) is 1.92. The van der Waals surface area contributed by atoms with Crippen molar-refractivity contribution in [1.29, 1.82) is 0 Å². The van der Waals surface area contributed by atoms with Crippen LogP contribution in [0.5, 0.6) is 0 Å². The number of carboxylic acids is 1. The summed E-state index contributed by atoms with van der Waals surface area (Å²) in [4.78, 5) is 16.9. The minimum atomic E-state index is -0.908. The number of fused-ring (bicyclic) bond motifs is 1. The maximum absolute atomic E-state index is 11.4. The number of benzene rings is 1. The van der Waals surface area contributed by atoms with E-state index in [2.05, 4.69) is 20.4 Å². The Kier molecular flexibility index (Phi) is 2.85. The second-order valence-electron chi connectivity index (χ2n) is 5.46. The van der Waals surface area contributed by atoms with E-state index in [4.69, 9.17) is 0 Å². The van der Waals surface area contributed by atoms with E-state index < -0.39 is 12.0 Å². The van der Waals surface area contributed by atoms with E-state index in [1.807, 2.05) is 30.3 Å². The number of tetrazole rings is 1. The molecule has 1 atom stereocenters. The first-order chi connectivity index (χ1) is 10.7. The molecule has 1 aliphatic rings. The highest BCUT2D eigenvalue weighted by Gasteiger charge is 2.39. The Morgan fingerprint density at radius 3 is 2.95 bits per heavy atom. The molecule has 0 saturated heterocycles. The molecule has 7 heteroatoms. The van der Waals surface area contributed by atoms with Gasteiger partial charge in [-0.1, -0.05) is 6.07 Å². The van der Waals surface area contributed by atoms with Gasteiger partial charge in [0.05, 0.1) is 5.52 Å². The van der Waals surface area contributed by atoms with Gasteiger partial charge in [-0.05, 0) is 48.2 Å². The van der Waals surface area contributed by atoms with Crippen molar-refractivity contribution < 1.29 is 9.90 Å². The van der Waals surface area contributed by atoms with Crippen LogP contribution in [0.4, 0.5) is 0 Å². The zero-order valence-corrected chi connectivity index (χ0v) is 11.6. The number of aromatic nitrogens is 5. The number of hydrogen-bond donors (Lipinski definition) is 1. The lowest BCUT2D eigenvalue weighted by molar-refractivity contribution is -0.142. The first-order valence-corrected chi connectivity index (χ1v) is 7.10. The Balaban J connectivity index is 1.71. The van der Waals surface area contributed by atoms with E-state index in [1.54, 1.807) is 6.20 Å². The van der Waals surface area contributed by atoms with Crippen molar-refractivity contribution in [3.05, 3.63) is 36.5 Å². The summed E-state index contributed by atoms with van der Waals surface area (Å²) in [6.07, 6.45) is 3.54. The number of pyridine rings is 1. The fourth-order valence-corrected chi connectivity index (χ4v) is 2.57. The lowest BCUT2D eigenvalue weighted by Gasteiger charge is -2.08. The highest BCUT2D eigenvalue weighted by atomic mass is 16.4. The van der Waals surface area contributed by atoms with Crippen molar-refractivity contribution in [1.82, 2.24) is 25.2 Å². The quantitative estimate of drug-likeness (QED) is 0.790. The molecule has 1 aliphatic carbocycles. The molecule has 1 unspecified atom stereocenters. The molecule has 3 aromatic rings. The van der Waals surface area contributed by atoms with Crippen molar-refractivity contribution in [2.45, 2.75) is 18.9 Å². The SMILES string of the molecule is O=C(O)C(C1CC1)n1nnc(-c2ccc3ncccc3c2)n1. The highest BCUT2D eigenvalue weighted by molar-refractivity contribution is 5.82. The van der Waals surface area contributed by atoms with Crippen molar-refractivity contribution in [3.8, 4) is 11.4 Å². The summed E-state index contributed by atoms with van der Waals surface area (Å²) in [6, 6.07) is 8.79. The van der Waals surface area contributed by atoms with E-state index in [0.29, 0.717) is 5.82 Å². The summed E-state index contributed by atoms with van der Waals surface area (Å²) in [7, 11) is 0. The molecule has 0 amide bonds. The summed E-state index contributed by atoms with van der Waals surface area (Å²) >= 11 is 0. The maximum atomic E-state index is 11.4. The maximum Gasteiger partial charge on any atom is 0.330 e. The molecule has 1 aromatic carbocycles. The van der Waals surface area contributed by atoms with E-state index in [1.165, 1.54) is 4.80 Å². The molecule has 0 bridgehead atoms. The largest absolute Gasteiger partial charge is 0.480 e. The Bertz CT molecular complexity index is 856. The van der Waals surface area contributed by atoms with Crippen LogP contribution in [0.2, 0.25) is 0 Å². The zero-order chi connectivity index (χ0) is 15.1. The van der Waals surface area contributed by atoms with Crippen molar-refractivity contribution in [3.63, 3.8) is 0 Å². The first-order valence-electron chi connectivity index (χ1n) is 7.10. The Morgan fingerprint density at radius 2 is 2.18 bits per heavy atom. The van der Waals surface area contributed by atoms with E-state index in [0.717, 1.165) is 29.3 Å². The van der Waals surface area contributed by atoms with Gasteiger partial charge < -0.3 is 5.11 Å². The summed E-state index contributed by atoms with van der Waals surface area (Å²) in [5.41, 5.74) is 1.69. The minimum absolute atomic E-state index is 0.111. The van der Waals surface area contributed by atoms with Gasteiger partial charge >= 0.3 is 5.97 Å². The average Bonchev–Trinajstić information content (AvgIpc) is 3.23. The first kappa shape index (κ1) is 12.9. The van der Waals surface area contributed by atoms with Gasteiger partial charge in [-0.2, -0.15) is 0 Å². The van der Waals surface area contributed by atoms with Gasteiger partial charge in [0.1, 0.15) is 0 Å². The standard InChI is InChI=1S/C15H13N5O2/c21-15(22)13(9-3-4-9)20-18-14(17-19-20)11-5-6-12-10(8-11)2-1-7-16-12/h1-2,5-9,13H,3-4H2,(H,21,22). The smallest absolute Gasteiger partial charge is 0.330 e. The zero-order valence-electron chi connectivity index (χ0n) is 11.6. The number of carboxylic acid groups (broad SMARTS) is 1. The molecule has 1 fully saturated rings. The topological polar surface area (TPSA) is 93.8 Å². The summed E-state index contributed by atoms with van der Waals surface area (Å²) < 4.78 is 0. The second-order valence-corrected chi connectivity index (χ2v) is 5.46. The number of hydrogen-bond acceptors (Lipinski definition) is 5. The third-order valence-corrected chi connectivity index (χ3v) is 3.86. The van der Waals surface area contributed by atoms with Crippen LogP contribution in [-0.4, -0.2) is 36.3 Å². The number of rotatable bonds is 4. The van der Waals surface area contributed by atoms with Crippen LogP contribution in [0, 0.1) is 5.92 Å². The molecule has 2 aromatic heterocycles. The van der Waals surface area contributed by atoms with Crippen molar-refractivity contribution in [2.75, 3.05) is 0 Å². The van der Waals surface area contributed by atoms with Crippen LogP contribution in [0.15, 0.2) is 36.5 Å². The van der Waals surface area contributed by atoms with Crippen LogP contribution in [0.3, 0.4) is 0 Å². The molecule has 0 spiro atoms. The van der Waals surface area contributed by atoms with Crippen LogP contribution in [-0.2, 0) is 4.79 Å². The third-order valence-electron chi connectivity index (χ3n) is 3.86. The molecule has 2 heterocycles. The third kappa shape index (κ3) is 2.20. The molecule has 1 saturated carbocycles. The van der Waals surface area contributed by atoms with Gasteiger partial charge in [0, 0.05) is 17.1 Å². The molecular weight excluding hydrogens is 282 g/mol. The molecule has 0 radical (unpaired) electrons. The lowest BCUT2D eigenvalue weighted by Crippen LogP contribution is -2.23. The Hall–Kier alpha value is -2.83. The van der Waals surface area contributed by atoms with Crippen molar-refractivity contribution in [2.24, 2.45) is 5.92 Å². The van der Waals surface area contributed by atoms with Crippen LogP contribution < -0.4 is 0 Å². The number of nitrogens with zero attached hydrogens (tertiary/aromatic N) is 5. The Morgan fingerprint density at radius 1 is 1.32 bits per heavy atom. The number of aliphatic carboxylic acids is 1. The van der Waals surface area contributed by atoms with Gasteiger partial charge in [-0.3, -0.25) is 4.98 Å². The summed E-state index contributed by atoms with van der Waals surface area (Å²) in [5.74, 6) is -0.368. The fraction of sp³-hybridized carbons (Fsp3) is 0.267. The van der Waals surface area contributed by atoms with E-state index in [-0.39, 0.29) is 5.92 Å². The van der Waals surface area contributed by atoms with Crippen molar-refractivity contribution >= 4 is 16.9 Å². The normalized spacial score (nSPS) is 15.8. The molecular formula is C15H13N5O2. The van der Waals surface area contributed by atoms with Crippen LogP contribution >= 0.6 is 0 Å². The second kappa shape index (κ2) is 4.87. The summed E-state index contributed by atoms with van der Waals surface area (Å²) in [6.45, 7) is 0. The number of carbonyl (C=O) groups is 1. The fourth-order valence-electron chi connectivity index (χ4n) is 2.57.